The van der Waals surface area contributed by atoms with Crippen LogP contribution in [0, 0.1) is 11.8 Å². The zero-order chi connectivity index (χ0) is 13.1. The van der Waals surface area contributed by atoms with Crippen LogP contribution in [0.1, 0.15) is 19.3 Å². The molecular weight excluding hydrogens is 230 g/mol. The first-order valence-corrected chi connectivity index (χ1v) is 6.15. The number of carboxylic acid groups (broad SMARTS) is 1. The molecule has 0 saturated heterocycles. The van der Waals surface area contributed by atoms with Gasteiger partial charge in [-0.3, -0.25) is 9.59 Å². The number of hydrogen-bond donors (Lipinski definition) is 1. The fourth-order valence-corrected chi connectivity index (χ4v) is 2.48. The number of rotatable bonds is 3. The lowest BCUT2D eigenvalue weighted by molar-refractivity contribution is -0.141. The summed E-state index contributed by atoms with van der Waals surface area (Å²) in [6, 6.07) is 9.42. The van der Waals surface area contributed by atoms with Crippen LogP contribution in [-0.2, 0) is 9.59 Å². The van der Waals surface area contributed by atoms with Crippen LogP contribution < -0.4 is 4.90 Å². The molecule has 1 aliphatic carbocycles. The number of carbonyl (C=O) groups excluding carboxylic acids is 1. The summed E-state index contributed by atoms with van der Waals surface area (Å²) in [6.45, 7) is 0. The Morgan fingerprint density at radius 2 is 1.78 bits per heavy atom. The molecule has 1 saturated carbocycles. The summed E-state index contributed by atoms with van der Waals surface area (Å²) < 4.78 is 0. The molecule has 4 heteroatoms. The Hall–Kier alpha value is -1.84. The van der Waals surface area contributed by atoms with E-state index in [2.05, 4.69) is 0 Å². The van der Waals surface area contributed by atoms with Crippen LogP contribution in [0.4, 0.5) is 5.69 Å². The van der Waals surface area contributed by atoms with Crippen molar-refractivity contribution in [2.75, 3.05) is 11.9 Å². The van der Waals surface area contributed by atoms with Crippen molar-refractivity contribution in [2.45, 2.75) is 19.3 Å². The molecule has 2 rings (SSSR count). The Kier molecular flexibility index (Phi) is 3.65. The second-order valence-corrected chi connectivity index (χ2v) is 4.78. The molecule has 0 radical (unpaired) electrons. The second-order valence-electron chi connectivity index (χ2n) is 4.78. The Bertz CT molecular complexity index is 444. The number of benzene rings is 1. The van der Waals surface area contributed by atoms with Crippen LogP contribution >= 0.6 is 0 Å². The van der Waals surface area contributed by atoms with Gasteiger partial charge in [0.15, 0.2) is 0 Å². The van der Waals surface area contributed by atoms with E-state index in [-0.39, 0.29) is 17.7 Å². The summed E-state index contributed by atoms with van der Waals surface area (Å²) in [7, 11) is 1.74. The Balaban J connectivity index is 2.02. The fraction of sp³-hybridized carbons (Fsp3) is 0.429. The molecule has 18 heavy (non-hydrogen) atoms. The van der Waals surface area contributed by atoms with Gasteiger partial charge in [-0.2, -0.15) is 0 Å². The highest BCUT2D eigenvalue weighted by molar-refractivity contribution is 5.95. The molecule has 1 fully saturated rings. The number of hydrogen-bond acceptors (Lipinski definition) is 2. The first-order chi connectivity index (χ1) is 8.59. The van der Waals surface area contributed by atoms with Crippen molar-refractivity contribution in [3.05, 3.63) is 30.3 Å². The molecule has 1 N–H and O–H groups in total. The minimum Gasteiger partial charge on any atom is -0.481 e. The summed E-state index contributed by atoms with van der Waals surface area (Å²) in [5.74, 6) is -1.28. The number of amides is 1. The first-order valence-electron chi connectivity index (χ1n) is 6.15. The van der Waals surface area contributed by atoms with Crippen molar-refractivity contribution in [2.24, 2.45) is 11.8 Å². The number of carbonyl (C=O) groups is 2. The SMILES string of the molecule is CN(C(=O)[C@@H]1CC[C@H](C(=O)O)C1)c1ccccc1. The minimum absolute atomic E-state index is 0.0185. The Morgan fingerprint density at radius 3 is 2.33 bits per heavy atom. The molecule has 0 aromatic heterocycles. The zero-order valence-corrected chi connectivity index (χ0v) is 10.4. The summed E-state index contributed by atoms with van der Waals surface area (Å²) in [6.07, 6.45) is 1.74. The van der Waals surface area contributed by atoms with E-state index in [1.54, 1.807) is 11.9 Å². The van der Waals surface area contributed by atoms with E-state index in [0.29, 0.717) is 19.3 Å². The number of aliphatic carboxylic acids is 1. The molecule has 1 amide bonds. The van der Waals surface area contributed by atoms with Crippen LogP contribution in [-0.4, -0.2) is 24.0 Å². The van der Waals surface area contributed by atoms with E-state index >= 15 is 0 Å². The second kappa shape index (κ2) is 5.21. The van der Waals surface area contributed by atoms with Gasteiger partial charge in [-0.05, 0) is 31.4 Å². The maximum Gasteiger partial charge on any atom is 0.306 e. The summed E-state index contributed by atoms with van der Waals surface area (Å²) in [5.41, 5.74) is 0.848. The number of nitrogens with zero attached hydrogens (tertiary/aromatic N) is 1. The molecule has 2 atom stereocenters. The van der Waals surface area contributed by atoms with Gasteiger partial charge in [-0.1, -0.05) is 18.2 Å². The summed E-state index contributed by atoms with van der Waals surface area (Å²) in [5, 5.41) is 8.94. The third-order valence-electron chi connectivity index (χ3n) is 3.61. The standard InChI is InChI=1S/C14H17NO3/c1-15(12-5-3-2-4-6-12)13(16)10-7-8-11(9-10)14(17)18/h2-6,10-11H,7-9H2,1H3,(H,17,18)/t10-,11+/m1/s1. The molecular formula is C14H17NO3. The monoisotopic (exact) mass is 247 g/mol. The van der Waals surface area contributed by atoms with Crippen molar-refractivity contribution >= 4 is 17.6 Å². The lowest BCUT2D eigenvalue weighted by Gasteiger charge is -2.21. The van der Waals surface area contributed by atoms with Crippen LogP contribution in [0.5, 0.6) is 0 Å². The van der Waals surface area contributed by atoms with Crippen LogP contribution in [0.3, 0.4) is 0 Å². The molecule has 0 spiro atoms. The van der Waals surface area contributed by atoms with Crippen LogP contribution in [0.15, 0.2) is 30.3 Å². The molecule has 96 valence electrons. The quantitative estimate of drug-likeness (QED) is 0.890. The Morgan fingerprint density at radius 1 is 1.17 bits per heavy atom. The largest absolute Gasteiger partial charge is 0.481 e. The van der Waals surface area contributed by atoms with E-state index in [1.807, 2.05) is 30.3 Å². The highest BCUT2D eigenvalue weighted by Crippen LogP contribution is 2.33. The van der Waals surface area contributed by atoms with Gasteiger partial charge >= 0.3 is 5.97 Å². The maximum atomic E-state index is 12.2. The number of para-hydroxylation sites is 1. The average molecular weight is 247 g/mol. The molecule has 1 aromatic carbocycles. The predicted octanol–water partition coefficient (Wildman–Crippen LogP) is 2.15. The third-order valence-corrected chi connectivity index (χ3v) is 3.61. The number of anilines is 1. The molecule has 1 aromatic rings. The predicted molar refractivity (Wildman–Crippen MR) is 68.3 cm³/mol. The summed E-state index contributed by atoms with van der Waals surface area (Å²) >= 11 is 0. The third kappa shape index (κ3) is 2.53. The van der Waals surface area contributed by atoms with Crippen LogP contribution in [0.25, 0.3) is 0 Å². The van der Waals surface area contributed by atoms with Gasteiger partial charge in [0.1, 0.15) is 0 Å². The molecule has 0 heterocycles. The van der Waals surface area contributed by atoms with E-state index in [4.69, 9.17) is 5.11 Å². The lowest BCUT2D eigenvalue weighted by atomic mass is 10.0. The zero-order valence-electron chi connectivity index (χ0n) is 10.4. The van der Waals surface area contributed by atoms with Crippen molar-refractivity contribution in [3.63, 3.8) is 0 Å². The molecule has 0 bridgehead atoms. The number of carboxylic acids is 1. The van der Waals surface area contributed by atoms with E-state index in [9.17, 15) is 9.59 Å². The summed E-state index contributed by atoms with van der Waals surface area (Å²) in [4.78, 5) is 24.8. The average Bonchev–Trinajstić information content (AvgIpc) is 2.88. The van der Waals surface area contributed by atoms with Crippen molar-refractivity contribution < 1.29 is 14.7 Å². The van der Waals surface area contributed by atoms with Crippen LogP contribution in [0.2, 0.25) is 0 Å². The molecule has 1 aliphatic rings. The fourth-order valence-electron chi connectivity index (χ4n) is 2.48. The molecule has 4 nitrogen and oxygen atoms in total. The van der Waals surface area contributed by atoms with Crippen molar-refractivity contribution in [1.82, 2.24) is 0 Å². The smallest absolute Gasteiger partial charge is 0.306 e. The maximum absolute atomic E-state index is 12.2. The molecule has 0 unspecified atom stereocenters. The highest BCUT2D eigenvalue weighted by Gasteiger charge is 2.35. The van der Waals surface area contributed by atoms with Gasteiger partial charge in [-0.25, -0.2) is 0 Å². The van der Waals surface area contributed by atoms with Gasteiger partial charge in [0.25, 0.3) is 0 Å². The van der Waals surface area contributed by atoms with Gasteiger partial charge in [0.05, 0.1) is 5.92 Å². The Labute approximate surface area is 106 Å². The minimum atomic E-state index is -0.785. The van der Waals surface area contributed by atoms with E-state index in [0.717, 1.165) is 5.69 Å². The van der Waals surface area contributed by atoms with Gasteiger partial charge < -0.3 is 10.0 Å². The van der Waals surface area contributed by atoms with Crippen molar-refractivity contribution in [3.8, 4) is 0 Å². The lowest BCUT2D eigenvalue weighted by Crippen LogP contribution is -2.32. The van der Waals surface area contributed by atoms with E-state index < -0.39 is 5.97 Å². The normalized spacial score (nSPS) is 22.7. The first kappa shape index (κ1) is 12.6. The van der Waals surface area contributed by atoms with Gasteiger partial charge in [0.2, 0.25) is 5.91 Å². The topological polar surface area (TPSA) is 57.6 Å². The molecule has 0 aliphatic heterocycles. The highest BCUT2D eigenvalue weighted by atomic mass is 16.4. The van der Waals surface area contributed by atoms with E-state index in [1.165, 1.54) is 0 Å². The van der Waals surface area contributed by atoms with Crippen molar-refractivity contribution in [1.29, 1.82) is 0 Å². The van der Waals surface area contributed by atoms with Gasteiger partial charge in [0, 0.05) is 18.7 Å². The van der Waals surface area contributed by atoms with Gasteiger partial charge in [-0.15, -0.1) is 0 Å².